The third kappa shape index (κ3) is 2.95. The second-order valence-electron chi connectivity index (χ2n) is 8.96. The van der Waals surface area contributed by atoms with Gasteiger partial charge >= 0.3 is 0 Å². The van der Waals surface area contributed by atoms with Crippen LogP contribution < -0.4 is 16.0 Å². The number of aromatic nitrogens is 3. The van der Waals surface area contributed by atoms with E-state index >= 15 is 0 Å². The molecule has 2 fully saturated rings. The van der Waals surface area contributed by atoms with Crippen molar-refractivity contribution in [3.8, 4) is 0 Å². The van der Waals surface area contributed by atoms with Crippen LogP contribution in [0.1, 0.15) is 42.5 Å². The van der Waals surface area contributed by atoms with Gasteiger partial charge in [0.05, 0.1) is 16.1 Å². The number of hydrogen-bond donors (Lipinski definition) is 2. The lowest BCUT2D eigenvalue weighted by Gasteiger charge is -2.42. The average molecular weight is 449 g/mol. The third-order valence-corrected chi connectivity index (χ3v) is 8.39. The monoisotopic (exact) mass is 448 g/mol. The molecule has 2 aliphatic heterocycles. The highest BCUT2D eigenvalue weighted by molar-refractivity contribution is 7.99. The first-order valence-corrected chi connectivity index (χ1v) is 11.9. The van der Waals surface area contributed by atoms with Crippen LogP contribution in [-0.4, -0.2) is 45.2 Å². The van der Waals surface area contributed by atoms with Crippen molar-refractivity contribution in [2.45, 2.75) is 47.9 Å². The summed E-state index contributed by atoms with van der Waals surface area (Å²) in [5.74, 6) is -0.203. The van der Waals surface area contributed by atoms with Crippen LogP contribution in [-0.2, 0) is 4.79 Å². The normalized spacial score (nSPS) is 22.0. The van der Waals surface area contributed by atoms with E-state index in [-0.39, 0.29) is 0 Å². The van der Waals surface area contributed by atoms with Crippen LogP contribution in [0.3, 0.4) is 0 Å². The van der Waals surface area contributed by atoms with Gasteiger partial charge in [-0.15, -0.1) is 0 Å². The summed E-state index contributed by atoms with van der Waals surface area (Å²) in [6, 6.07) is 5.75. The quantitative estimate of drug-likeness (QED) is 0.593. The molecule has 1 saturated heterocycles. The molecule has 1 aliphatic carbocycles. The maximum Gasteiger partial charge on any atom is 0.296 e. The predicted octanol–water partition coefficient (Wildman–Crippen LogP) is 3.11. The topological polar surface area (TPSA) is 106 Å². The van der Waals surface area contributed by atoms with Gasteiger partial charge in [0.2, 0.25) is 5.95 Å². The maximum atomic E-state index is 12.3. The van der Waals surface area contributed by atoms with Gasteiger partial charge in [0, 0.05) is 42.6 Å². The molecule has 1 spiro atoms. The van der Waals surface area contributed by atoms with Gasteiger partial charge in [-0.1, -0.05) is 24.2 Å². The molecule has 1 saturated carbocycles. The fourth-order valence-electron chi connectivity index (χ4n) is 5.49. The standard InChI is InChI=1S/C23H24N6O2S/c24-17-5-2-6-23(17)7-10-28(11-8-23)22-26-13-16(20-25-9-12-29(20)22)32-15-4-1-3-14-18(15)19(30)21(31)27-14/h1,3-4,9,12-13,17H,2,5-8,10-11,24H2,(H,27,30,31). The number of amides is 1. The van der Waals surface area contributed by atoms with Gasteiger partial charge in [0.25, 0.3) is 11.7 Å². The number of ketones is 1. The van der Waals surface area contributed by atoms with Crippen LogP contribution >= 0.6 is 11.8 Å². The zero-order chi connectivity index (χ0) is 21.9. The van der Waals surface area contributed by atoms with Crippen molar-refractivity contribution in [3.63, 3.8) is 0 Å². The van der Waals surface area contributed by atoms with Gasteiger partial charge < -0.3 is 16.0 Å². The first-order valence-electron chi connectivity index (χ1n) is 11.0. The van der Waals surface area contributed by atoms with Crippen LogP contribution in [0.2, 0.25) is 0 Å². The molecule has 1 aromatic carbocycles. The fourth-order valence-corrected chi connectivity index (χ4v) is 6.53. The van der Waals surface area contributed by atoms with E-state index in [2.05, 4.69) is 15.2 Å². The Labute approximate surface area is 189 Å². The number of carbonyl (C=O) groups is 2. The average Bonchev–Trinajstić information content (AvgIpc) is 3.49. The maximum absolute atomic E-state index is 12.3. The molecule has 6 rings (SSSR count). The summed E-state index contributed by atoms with van der Waals surface area (Å²) in [7, 11) is 0. The number of piperidine rings is 1. The van der Waals surface area contributed by atoms with Crippen molar-refractivity contribution in [1.82, 2.24) is 14.4 Å². The van der Waals surface area contributed by atoms with Gasteiger partial charge in [-0.3, -0.25) is 14.0 Å². The lowest BCUT2D eigenvalue weighted by molar-refractivity contribution is -0.112. The van der Waals surface area contributed by atoms with E-state index < -0.39 is 11.7 Å². The number of anilines is 2. The van der Waals surface area contributed by atoms with E-state index in [1.54, 1.807) is 12.3 Å². The number of nitrogens with one attached hydrogen (secondary N) is 1. The number of imidazole rings is 1. The highest BCUT2D eigenvalue weighted by atomic mass is 32.2. The molecule has 2 aromatic heterocycles. The second-order valence-corrected chi connectivity index (χ2v) is 10.0. The summed E-state index contributed by atoms with van der Waals surface area (Å²) in [4.78, 5) is 37.4. The van der Waals surface area contributed by atoms with Crippen molar-refractivity contribution in [2.24, 2.45) is 11.1 Å². The molecule has 164 valence electrons. The van der Waals surface area contributed by atoms with Crippen molar-refractivity contribution >= 4 is 40.7 Å². The minimum atomic E-state index is -0.586. The van der Waals surface area contributed by atoms with Gasteiger partial charge in [0.15, 0.2) is 5.65 Å². The van der Waals surface area contributed by atoms with E-state index in [0.717, 1.165) is 53.7 Å². The summed E-state index contributed by atoms with van der Waals surface area (Å²) < 4.78 is 2.02. The largest absolute Gasteiger partial charge is 0.342 e. The molecule has 1 amide bonds. The Morgan fingerprint density at radius 2 is 1.97 bits per heavy atom. The highest BCUT2D eigenvalue weighted by Crippen LogP contribution is 2.46. The Hall–Kier alpha value is -2.91. The van der Waals surface area contributed by atoms with Gasteiger partial charge in [0.1, 0.15) is 0 Å². The molecular weight excluding hydrogens is 424 g/mol. The molecule has 1 atom stereocenters. The molecule has 0 bridgehead atoms. The highest BCUT2D eigenvalue weighted by Gasteiger charge is 2.43. The van der Waals surface area contributed by atoms with E-state index in [4.69, 9.17) is 10.7 Å². The van der Waals surface area contributed by atoms with E-state index in [1.165, 1.54) is 24.6 Å². The lowest BCUT2D eigenvalue weighted by Crippen LogP contribution is -2.47. The molecule has 9 heteroatoms. The molecule has 4 heterocycles. The molecule has 3 N–H and O–H groups in total. The summed E-state index contributed by atoms with van der Waals surface area (Å²) >= 11 is 1.41. The summed E-state index contributed by atoms with van der Waals surface area (Å²) in [5, 5.41) is 2.63. The van der Waals surface area contributed by atoms with Gasteiger partial charge in [-0.25, -0.2) is 9.97 Å². The Kier molecular flexibility index (Phi) is 4.51. The zero-order valence-electron chi connectivity index (χ0n) is 17.6. The van der Waals surface area contributed by atoms with Gasteiger partial charge in [-0.2, -0.15) is 0 Å². The molecule has 0 radical (unpaired) electrons. The number of nitrogens with zero attached hydrogens (tertiary/aromatic N) is 4. The smallest absolute Gasteiger partial charge is 0.296 e. The first-order chi connectivity index (χ1) is 15.6. The number of nitrogens with two attached hydrogens (primary N) is 1. The summed E-state index contributed by atoms with van der Waals surface area (Å²) in [6.07, 6.45) is 11.3. The number of Topliss-reactive ketones (excluding diaryl/α,β-unsaturated/α-hetero) is 1. The Balaban J connectivity index is 1.30. The lowest BCUT2D eigenvalue weighted by atomic mass is 9.74. The fraction of sp³-hybridized carbons (Fsp3) is 0.391. The predicted molar refractivity (Wildman–Crippen MR) is 122 cm³/mol. The Morgan fingerprint density at radius 3 is 2.75 bits per heavy atom. The SMILES string of the molecule is NC1CCCC12CCN(c1ncc(Sc3cccc4c3C(=O)C(=O)N4)c3nccn13)CC2. The van der Waals surface area contributed by atoms with Crippen LogP contribution in [0.4, 0.5) is 11.6 Å². The Bertz CT molecular complexity index is 1250. The van der Waals surface area contributed by atoms with Crippen molar-refractivity contribution < 1.29 is 9.59 Å². The number of fused-ring (bicyclic) bond motifs is 2. The minimum Gasteiger partial charge on any atom is -0.342 e. The van der Waals surface area contributed by atoms with Crippen molar-refractivity contribution in [2.75, 3.05) is 23.3 Å². The number of rotatable bonds is 3. The molecule has 3 aromatic rings. The second kappa shape index (κ2) is 7.31. The van der Waals surface area contributed by atoms with Crippen molar-refractivity contribution in [3.05, 3.63) is 42.4 Å². The van der Waals surface area contributed by atoms with Crippen LogP contribution in [0.25, 0.3) is 5.65 Å². The molecule has 3 aliphatic rings. The third-order valence-electron chi connectivity index (χ3n) is 7.32. The van der Waals surface area contributed by atoms with E-state index in [1.807, 2.05) is 28.9 Å². The molecule has 32 heavy (non-hydrogen) atoms. The van der Waals surface area contributed by atoms with Gasteiger partial charge in [-0.05, 0) is 43.2 Å². The summed E-state index contributed by atoms with van der Waals surface area (Å²) in [6.45, 7) is 1.88. The number of carbonyl (C=O) groups excluding carboxylic acids is 2. The zero-order valence-corrected chi connectivity index (χ0v) is 18.4. The van der Waals surface area contributed by atoms with Crippen molar-refractivity contribution in [1.29, 1.82) is 0 Å². The van der Waals surface area contributed by atoms with E-state index in [9.17, 15) is 9.59 Å². The number of hydrogen-bond acceptors (Lipinski definition) is 7. The summed E-state index contributed by atoms with van der Waals surface area (Å²) in [5.41, 5.74) is 8.52. The molecule has 8 nitrogen and oxygen atoms in total. The van der Waals surface area contributed by atoms with Crippen LogP contribution in [0, 0.1) is 5.41 Å². The number of benzene rings is 1. The van der Waals surface area contributed by atoms with Crippen LogP contribution in [0.5, 0.6) is 0 Å². The Morgan fingerprint density at radius 1 is 1.12 bits per heavy atom. The minimum absolute atomic E-state index is 0.298. The van der Waals surface area contributed by atoms with Crippen LogP contribution in [0.15, 0.2) is 46.6 Å². The first kappa shape index (κ1) is 19.8. The molecular formula is C23H24N6O2S. The molecule has 1 unspecified atom stereocenters. The van der Waals surface area contributed by atoms with E-state index in [0.29, 0.717) is 22.7 Å².